The quantitative estimate of drug-likeness (QED) is 0.847. The van der Waals surface area contributed by atoms with Crippen LogP contribution in [0.3, 0.4) is 0 Å². The van der Waals surface area contributed by atoms with Gasteiger partial charge >= 0.3 is 0 Å². The highest BCUT2D eigenvalue weighted by Crippen LogP contribution is 2.32. The van der Waals surface area contributed by atoms with Crippen molar-refractivity contribution in [2.45, 2.75) is 24.8 Å². The zero-order chi connectivity index (χ0) is 14.8. The second kappa shape index (κ2) is 5.84. The summed E-state index contributed by atoms with van der Waals surface area (Å²) in [5.74, 6) is 0. The van der Waals surface area contributed by atoms with Crippen LogP contribution >= 0.6 is 0 Å². The number of rotatable bonds is 4. The lowest BCUT2D eigenvalue weighted by Crippen LogP contribution is -2.56. The number of benzene rings is 1. The van der Waals surface area contributed by atoms with Gasteiger partial charge in [0.1, 0.15) is 0 Å². The van der Waals surface area contributed by atoms with Crippen molar-refractivity contribution in [1.29, 1.82) is 0 Å². The zero-order valence-corrected chi connectivity index (χ0v) is 13.4. The van der Waals surface area contributed by atoms with E-state index in [1.807, 2.05) is 18.2 Å². The smallest absolute Gasteiger partial charge is 0.211 e. The minimum atomic E-state index is -3.18. The van der Waals surface area contributed by atoms with Crippen molar-refractivity contribution in [3.8, 4) is 0 Å². The van der Waals surface area contributed by atoms with Gasteiger partial charge in [-0.2, -0.15) is 4.31 Å². The van der Waals surface area contributed by atoms with Crippen molar-refractivity contribution in [1.82, 2.24) is 9.21 Å². The third-order valence-electron chi connectivity index (χ3n) is 4.46. The molecule has 4 nitrogen and oxygen atoms in total. The fourth-order valence-electron chi connectivity index (χ4n) is 2.97. The van der Waals surface area contributed by atoms with Gasteiger partial charge in [-0.3, -0.25) is 0 Å². The fourth-order valence-corrected chi connectivity index (χ4v) is 3.92. The average Bonchev–Trinajstić information content (AvgIpc) is 2.41. The number of sulfonamides is 1. The molecule has 0 spiro atoms. The van der Waals surface area contributed by atoms with E-state index in [2.05, 4.69) is 24.1 Å². The molecule has 0 bridgehead atoms. The molecule has 1 heterocycles. The summed E-state index contributed by atoms with van der Waals surface area (Å²) in [5, 5.41) is 0. The molecule has 0 amide bonds. The number of piperidine rings is 1. The van der Waals surface area contributed by atoms with Crippen LogP contribution in [-0.4, -0.2) is 56.6 Å². The van der Waals surface area contributed by atoms with Gasteiger partial charge in [-0.15, -0.1) is 0 Å². The topological polar surface area (TPSA) is 40.6 Å². The third kappa shape index (κ3) is 3.40. The van der Waals surface area contributed by atoms with E-state index in [-0.39, 0.29) is 5.54 Å². The Balaban J connectivity index is 2.30. The summed E-state index contributed by atoms with van der Waals surface area (Å²) in [6, 6.07) is 10.2. The molecule has 1 aliphatic heterocycles. The number of hydrogen-bond acceptors (Lipinski definition) is 3. The van der Waals surface area contributed by atoms with Crippen molar-refractivity contribution in [3.63, 3.8) is 0 Å². The molecule has 1 aromatic rings. The van der Waals surface area contributed by atoms with Crippen molar-refractivity contribution < 1.29 is 8.42 Å². The predicted molar refractivity (Wildman–Crippen MR) is 82.2 cm³/mol. The Morgan fingerprint density at radius 1 is 1.20 bits per heavy atom. The molecule has 0 N–H and O–H groups in total. The van der Waals surface area contributed by atoms with Gasteiger partial charge < -0.3 is 4.90 Å². The predicted octanol–water partition coefficient (Wildman–Crippen LogP) is 1.58. The second-order valence-corrected chi connectivity index (χ2v) is 7.93. The van der Waals surface area contributed by atoms with E-state index < -0.39 is 10.0 Å². The normalized spacial score (nSPS) is 20.2. The average molecular weight is 296 g/mol. The molecular weight excluding hydrogens is 272 g/mol. The Morgan fingerprint density at radius 2 is 1.75 bits per heavy atom. The molecule has 112 valence electrons. The summed E-state index contributed by atoms with van der Waals surface area (Å²) in [5.41, 5.74) is 0.911. The first-order valence-electron chi connectivity index (χ1n) is 7.00. The molecule has 0 unspecified atom stereocenters. The summed E-state index contributed by atoms with van der Waals surface area (Å²) < 4.78 is 25.6. The van der Waals surface area contributed by atoms with E-state index in [4.69, 9.17) is 0 Å². The first kappa shape index (κ1) is 15.5. The number of hydrogen-bond donors (Lipinski definition) is 0. The highest BCUT2D eigenvalue weighted by Gasteiger charge is 2.41. The summed E-state index contributed by atoms with van der Waals surface area (Å²) in [6.45, 7) is 1.87. The van der Waals surface area contributed by atoms with E-state index in [0.717, 1.165) is 32.4 Å². The van der Waals surface area contributed by atoms with Crippen LogP contribution in [0.2, 0.25) is 0 Å². The van der Waals surface area contributed by atoms with Crippen molar-refractivity contribution in [3.05, 3.63) is 35.9 Å². The van der Waals surface area contributed by atoms with E-state index in [0.29, 0.717) is 0 Å². The molecule has 1 saturated heterocycles. The summed E-state index contributed by atoms with van der Waals surface area (Å²) in [6.07, 6.45) is 3.84. The third-order valence-corrected chi connectivity index (χ3v) is 5.84. The Morgan fingerprint density at radius 3 is 2.25 bits per heavy atom. The second-order valence-electron chi connectivity index (χ2n) is 5.92. The molecule has 0 saturated carbocycles. The van der Waals surface area contributed by atoms with Crippen molar-refractivity contribution in [2.75, 3.05) is 33.4 Å². The van der Waals surface area contributed by atoms with Gasteiger partial charge in [-0.1, -0.05) is 30.3 Å². The van der Waals surface area contributed by atoms with Gasteiger partial charge in [0.25, 0.3) is 0 Å². The molecule has 5 heteroatoms. The molecule has 0 atom stereocenters. The lowest BCUT2D eigenvalue weighted by Gasteiger charge is -2.45. The van der Waals surface area contributed by atoms with Gasteiger partial charge in [0, 0.05) is 12.6 Å². The molecular formula is C15H24N2O2S. The number of likely N-dealkylation sites (tertiary alicyclic amines) is 1. The van der Waals surface area contributed by atoms with Gasteiger partial charge in [0.05, 0.1) is 6.26 Å². The van der Waals surface area contributed by atoms with E-state index >= 15 is 0 Å². The molecule has 0 aliphatic carbocycles. The largest absolute Gasteiger partial charge is 0.306 e. The first-order valence-corrected chi connectivity index (χ1v) is 8.85. The van der Waals surface area contributed by atoms with Crippen LogP contribution in [0.5, 0.6) is 0 Å². The summed E-state index contributed by atoms with van der Waals surface area (Å²) in [4.78, 5) is 2.26. The fraction of sp³-hybridized carbons (Fsp3) is 0.600. The molecule has 0 aromatic heterocycles. The molecule has 1 aliphatic rings. The van der Waals surface area contributed by atoms with Gasteiger partial charge in [-0.25, -0.2) is 8.42 Å². The van der Waals surface area contributed by atoms with Crippen LogP contribution in [0.1, 0.15) is 18.4 Å². The molecule has 1 fully saturated rings. The SMILES string of the molecule is CN1CCC(Cc2ccccc2)(N(C)S(C)(=O)=O)CC1. The van der Waals surface area contributed by atoms with Crippen LogP contribution in [0, 0.1) is 0 Å². The van der Waals surface area contributed by atoms with Gasteiger partial charge in [0.2, 0.25) is 10.0 Å². The van der Waals surface area contributed by atoms with E-state index in [1.54, 1.807) is 11.4 Å². The zero-order valence-electron chi connectivity index (χ0n) is 12.5. The molecule has 20 heavy (non-hydrogen) atoms. The minimum Gasteiger partial charge on any atom is -0.306 e. The van der Waals surface area contributed by atoms with Gasteiger partial charge in [0.15, 0.2) is 0 Å². The molecule has 1 aromatic carbocycles. The maximum atomic E-state index is 12.0. The van der Waals surface area contributed by atoms with Gasteiger partial charge in [-0.05, 0) is 45.0 Å². The van der Waals surface area contributed by atoms with Crippen LogP contribution in [-0.2, 0) is 16.4 Å². The Bertz CT molecular complexity index is 534. The standard InChI is InChI=1S/C15H24N2O2S/c1-16-11-9-15(10-12-16,17(2)20(3,18)19)13-14-7-5-4-6-8-14/h4-8H,9-13H2,1-3H3. The Kier molecular flexibility index (Phi) is 4.52. The Labute approximate surface area is 122 Å². The minimum absolute atomic E-state index is 0.290. The highest BCUT2D eigenvalue weighted by molar-refractivity contribution is 7.88. The monoisotopic (exact) mass is 296 g/mol. The van der Waals surface area contributed by atoms with Crippen molar-refractivity contribution >= 4 is 10.0 Å². The first-order chi connectivity index (χ1) is 9.33. The lowest BCUT2D eigenvalue weighted by atomic mass is 9.82. The maximum Gasteiger partial charge on any atom is 0.211 e. The van der Waals surface area contributed by atoms with Crippen LogP contribution < -0.4 is 0 Å². The van der Waals surface area contributed by atoms with E-state index in [9.17, 15) is 8.42 Å². The number of nitrogens with zero attached hydrogens (tertiary/aromatic N) is 2. The molecule has 2 rings (SSSR count). The summed E-state index contributed by atoms with van der Waals surface area (Å²) in [7, 11) is 0.632. The summed E-state index contributed by atoms with van der Waals surface area (Å²) >= 11 is 0. The Hall–Kier alpha value is -0.910. The van der Waals surface area contributed by atoms with Crippen LogP contribution in [0.15, 0.2) is 30.3 Å². The van der Waals surface area contributed by atoms with Crippen LogP contribution in [0.4, 0.5) is 0 Å². The van der Waals surface area contributed by atoms with E-state index in [1.165, 1.54) is 11.8 Å². The number of likely N-dealkylation sites (N-methyl/N-ethyl adjacent to an activating group) is 1. The van der Waals surface area contributed by atoms with Crippen molar-refractivity contribution in [2.24, 2.45) is 0 Å². The van der Waals surface area contributed by atoms with Crippen LogP contribution in [0.25, 0.3) is 0 Å². The maximum absolute atomic E-state index is 12.0. The molecule has 0 radical (unpaired) electrons. The lowest BCUT2D eigenvalue weighted by molar-refractivity contribution is 0.104. The highest BCUT2D eigenvalue weighted by atomic mass is 32.2.